The Morgan fingerprint density at radius 2 is 2.15 bits per heavy atom. The molecule has 0 aromatic heterocycles. The van der Waals surface area contributed by atoms with E-state index in [2.05, 4.69) is 0 Å². The molecule has 0 saturated heterocycles. The second kappa shape index (κ2) is 3.85. The van der Waals surface area contributed by atoms with E-state index in [4.69, 9.17) is 4.74 Å². The van der Waals surface area contributed by atoms with E-state index in [1.165, 1.54) is 0 Å². The molecule has 1 aromatic carbocycles. The Morgan fingerprint density at radius 1 is 1.46 bits per heavy atom. The molecule has 0 radical (unpaired) electrons. The van der Waals surface area contributed by atoms with Crippen LogP contribution in [0.25, 0.3) is 0 Å². The molecule has 0 atom stereocenters. The van der Waals surface area contributed by atoms with Gasteiger partial charge >= 0.3 is 0 Å². The van der Waals surface area contributed by atoms with Crippen molar-refractivity contribution in [2.45, 2.75) is 6.92 Å². The van der Waals surface area contributed by atoms with Crippen molar-refractivity contribution < 1.29 is 14.3 Å². The standard InChI is InChI=1S/C10H10O3/c1-7-5-8(9(12)6-11)3-4-10(7)13-2/h3-6H,1-2H3. The summed E-state index contributed by atoms with van der Waals surface area (Å²) in [7, 11) is 1.56. The second-order valence-electron chi connectivity index (χ2n) is 2.67. The van der Waals surface area contributed by atoms with Gasteiger partial charge in [-0.25, -0.2) is 0 Å². The summed E-state index contributed by atoms with van der Waals surface area (Å²) >= 11 is 0. The number of ether oxygens (including phenoxy) is 1. The lowest BCUT2D eigenvalue weighted by atomic mass is 10.1. The fraction of sp³-hybridized carbons (Fsp3) is 0.200. The quantitative estimate of drug-likeness (QED) is 0.399. The van der Waals surface area contributed by atoms with E-state index in [0.29, 0.717) is 17.6 Å². The van der Waals surface area contributed by atoms with Gasteiger partial charge in [0, 0.05) is 5.56 Å². The molecule has 0 spiro atoms. The Balaban J connectivity index is 3.09. The zero-order chi connectivity index (χ0) is 9.84. The van der Waals surface area contributed by atoms with Gasteiger partial charge in [0.25, 0.3) is 0 Å². The van der Waals surface area contributed by atoms with Gasteiger partial charge in [-0.05, 0) is 30.7 Å². The number of carbonyl (C=O) groups is 2. The smallest absolute Gasteiger partial charge is 0.225 e. The van der Waals surface area contributed by atoms with Crippen LogP contribution in [0.15, 0.2) is 18.2 Å². The SMILES string of the molecule is COc1ccc(C(=O)C=O)cc1C. The fourth-order valence-electron chi connectivity index (χ4n) is 1.10. The molecule has 0 bridgehead atoms. The van der Waals surface area contributed by atoms with Crippen LogP contribution in [0, 0.1) is 6.92 Å². The highest BCUT2D eigenvalue weighted by Crippen LogP contribution is 2.18. The molecule has 1 aromatic rings. The maximum Gasteiger partial charge on any atom is 0.225 e. The highest BCUT2D eigenvalue weighted by molar-refractivity contribution is 6.33. The van der Waals surface area contributed by atoms with Crippen molar-refractivity contribution in [3.8, 4) is 5.75 Å². The van der Waals surface area contributed by atoms with Gasteiger partial charge in [-0.1, -0.05) is 0 Å². The average Bonchev–Trinajstić information content (AvgIpc) is 2.16. The van der Waals surface area contributed by atoms with Crippen molar-refractivity contribution in [1.29, 1.82) is 0 Å². The van der Waals surface area contributed by atoms with E-state index >= 15 is 0 Å². The molecule has 0 saturated carbocycles. The van der Waals surface area contributed by atoms with Gasteiger partial charge in [0.05, 0.1) is 7.11 Å². The van der Waals surface area contributed by atoms with Crippen LogP contribution in [0.3, 0.4) is 0 Å². The molecule has 68 valence electrons. The predicted molar refractivity (Wildman–Crippen MR) is 48.1 cm³/mol. The molecule has 1 rings (SSSR count). The molecule has 13 heavy (non-hydrogen) atoms. The summed E-state index contributed by atoms with van der Waals surface area (Å²) in [4.78, 5) is 21.1. The van der Waals surface area contributed by atoms with Crippen LogP contribution in [0.1, 0.15) is 15.9 Å². The summed E-state index contributed by atoms with van der Waals surface area (Å²) in [5.41, 5.74) is 1.24. The molecule has 0 aliphatic rings. The van der Waals surface area contributed by atoms with Crippen LogP contribution in [0.4, 0.5) is 0 Å². The number of hydrogen-bond donors (Lipinski definition) is 0. The predicted octanol–water partition coefficient (Wildman–Crippen LogP) is 1.39. The van der Waals surface area contributed by atoms with Gasteiger partial charge in [0.2, 0.25) is 5.78 Å². The van der Waals surface area contributed by atoms with Crippen molar-refractivity contribution in [1.82, 2.24) is 0 Å². The molecule has 0 aliphatic heterocycles. The fourth-order valence-corrected chi connectivity index (χ4v) is 1.10. The van der Waals surface area contributed by atoms with E-state index in [-0.39, 0.29) is 0 Å². The first-order valence-electron chi connectivity index (χ1n) is 3.83. The lowest BCUT2D eigenvalue weighted by Gasteiger charge is -2.04. The van der Waals surface area contributed by atoms with Crippen LogP contribution in [-0.4, -0.2) is 19.2 Å². The van der Waals surface area contributed by atoms with Crippen molar-refractivity contribution in [3.05, 3.63) is 29.3 Å². The van der Waals surface area contributed by atoms with Gasteiger partial charge in [0.15, 0.2) is 6.29 Å². The van der Waals surface area contributed by atoms with Crippen molar-refractivity contribution in [2.24, 2.45) is 0 Å². The number of ketones is 1. The topological polar surface area (TPSA) is 43.4 Å². The minimum atomic E-state index is -0.509. The van der Waals surface area contributed by atoms with Crippen LogP contribution in [0.2, 0.25) is 0 Å². The normalized spacial score (nSPS) is 9.38. The summed E-state index contributed by atoms with van der Waals surface area (Å²) < 4.78 is 5.01. The second-order valence-corrected chi connectivity index (χ2v) is 2.67. The van der Waals surface area contributed by atoms with Crippen LogP contribution >= 0.6 is 0 Å². The molecule has 0 unspecified atom stereocenters. The summed E-state index contributed by atoms with van der Waals surface area (Å²) in [6, 6.07) is 4.88. The third kappa shape index (κ3) is 1.93. The van der Waals surface area contributed by atoms with Gasteiger partial charge in [0.1, 0.15) is 5.75 Å². The van der Waals surface area contributed by atoms with E-state index < -0.39 is 5.78 Å². The number of aldehydes is 1. The third-order valence-corrected chi connectivity index (χ3v) is 1.79. The molecule has 0 amide bonds. The van der Waals surface area contributed by atoms with Crippen LogP contribution < -0.4 is 4.74 Å². The van der Waals surface area contributed by atoms with Crippen LogP contribution in [-0.2, 0) is 4.79 Å². The molecule has 0 heterocycles. The van der Waals surface area contributed by atoms with Crippen molar-refractivity contribution >= 4 is 12.1 Å². The number of rotatable bonds is 3. The highest BCUT2D eigenvalue weighted by atomic mass is 16.5. The molecular formula is C10H10O3. The largest absolute Gasteiger partial charge is 0.496 e. The molecule has 3 heteroatoms. The number of benzene rings is 1. The summed E-state index contributed by atoms with van der Waals surface area (Å²) in [6.07, 6.45) is 0.307. The van der Waals surface area contributed by atoms with Gasteiger partial charge < -0.3 is 4.74 Å². The van der Waals surface area contributed by atoms with E-state index in [0.717, 1.165) is 5.56 Å². The average molecular weight is 178 g/mol. The van der Waals surface area contributed by atoms with E-state index in [1.54, 1.807) is 25.3 Å². The minimum Gasteiger partial charge on any atom is -0.496 e. The zero-order valence-corrected chi connectivity index (χ0v) is 7.53. The zero-order valence-electron chi connectivity index (χ0n) is 7.53. The van der Waals surface area contributed by atoms with Gasteiger partial charge in [-0.3, -0.25) is 9.59 Å². The lowest BCUT2D eigenvalue weighted by Crippen LogP contribution is -2.00. The van der Waals surface area contributed by atoms with Gasteiger partial charge in [-0.2, -0.15) is 0 Å². The maximum atomic E-state index is 11.0. The van der Waals surface area contributed by atoms with E-state index in [1.807, 2.05) is 6.92 Å². The van der Waals surface area contributed by atoms with Crippen molar-refractivity contribution in [3.63, 3.8) is 0 Å². The number of carbonyl (C=O) groups excluding carboxylic acids is 2. The molecule has 0 N–H and O–H groups in total. The maximum absolute atomic E-state index is 11.0. The Kier molecular flexibility index (Phi) is 2.80. The number of hydrogen-bond acceptors (Lipinski definition) is 3. The summed E-state index contributed by atoms with van der Waals surface area (Å²) in [6.45, 7) is 1.82. The molecule has 3 nitrogen and oxygen atoms in total. The first-order valence-corrected chi connectivity index (χ1v) is 3.83. The number of aryl methyl sites for hydroxylation is 1. The van der Waals surface area contributed by atoms with Gasteiger partial charge in [-0.15, -0.1) is 0 Å². The summed E-state index contributed by atoms with van der Waals surface area (Å²) in [5, 5.41) is 0. The molecule has 0 aliphatic carbocycles. The first-order chi connectivity index (χ1) is 6.19. The Morgan fingerprint density at radius 3 is 2.62 bits per heavy atom. The molecular weight excluding hydrogens is 168 g/mol. The monoisotopic (exact) mass is 178 g/mol. The molecule has 0 fully saturated rings. The minimum absolute atomic E-state index is 0.307. The number of Topliss-reactive ketones (excluding diaryl/α,β-unsaturated/α-hetero) is 1. The lowest BCUT2D eigenvalue weighted by molar-refractivity contribution is -0.104. The van der Waals surface area contributed by atoms with E-state index in [9.17, 15) is 9.59 Å². The Hall–Kier alpha value is -1.64. The first kappa shape index (κ1) is 9.45. The van der Waals surface area contributed by atoms with Crippen molar-refractivity contribution in [2.75, 3.05) is 7.11 Å². The van der Waals surface area contributed by atoms with Crippen LogP contribution in [0.5, 0.6) is 5.75 Å². The third-order valence-electron chi connectivity index (χ3n) is 1.79. The Bertz CT molecular complexity index is 342. The highest BCUT2D eigenvalue weighted by Gasteiger charge is 2.05. The summed E-state index contributed by atoms with van der Waals surface area (Å²) in [5.74, 6) is 0.202. The Labute approximate surface area is 76.3 Å². The number of methoxy groups -OCH3 is 1.